The van der Waals surface area contributed by atoms with Crippen LogP contribution in [0.25, 0.3) is 0 Å². The number of hydrogen-bond acceptors (Lipinski definition) is 1. The van der Waals surface area contributed by atoms with Crippen molar-refractivity contribution in [1.29, 1.82) is 0 Å². The first-order chi connectivity index (χ1) is 6.24. The predicted octanol–water partition coefficient (Wildman–Crippen LogP) is 2.70. The zero-order valence-electron chi connectivity index (χ0n) is 7.30. The van der Waals surface area contributed by atoms with Crippen LogP contribution in [0.5, 0.6) is 0 Å². The molecule has 0 aromatic heterocycles. The van der Waals surface area contributed by atoms with Crippen LogP contribution in [0, 0.1) is 18.8 Å². The Morgan fingerprint density at radius 2 is 2.31 bits per heavy atom. The summed E-state index contributed by atoms with van der Waals surface area (Å²) in [5.74, 6) is 5.66. The van der Waals surface area contributed by atoms with Gasteiger partial charge in [-0.15, -0.1) is 0 Å². The Morgan fingerprint density at radius 1 is 1.54 bits per heavy atom. The number of halogens is 1. The minimum absolute atomic E-state index is 0.297. The van der Waals surface area contributed by atoms with Crippen LogP contribution < -0.4 is 0 Å². The standard InChI is InChI=1S/C11H9BrO/c1-9-5-6-10(8-11(9)12)4-2-3-7-13/h5-8H,3H2,1H3. The third kappa shape index (κ3) is 3.04. The molecule has 0 aliphatic rings. The molecular weight excluding hydrogens is 228 g/mol. The SMILES string of the molecule is Cc1ccc(C#CCC=O)cc1Br. The third-order valence-corrected chi connectivity index (χ3v) is 2.44. The van der Waals surface area contributed by atoms with Crippen molar-refractivity contribution in [2.45, 2.75) is 13.3 Å². The monoisotopic (exact) mass is 236 g/mol. The summed E-state index contributed by atoms with van der Waals surface area (Å²) in [6, 6.07) is 5.89. The fraction of sp³-hybridized carbons (Fsp3) is 0.182. The second-order valence-corrected chi connectivity index (χ2v) is 3.49. The van der Waals surface area contributed by atoms with Crippen LogP contribution in [0.3, 0.4) is 0 Å². The van der Waals surface area contributed by atoms with Crippen molar-refractivity contribution in [2.24, 2.45) is 0 Å². The molecule has 0 bridgehead atoms. The third-order valence-electron chi connectivity index (χ3n) is 1.59. The molecule has 0 unspecified atom stereocenters. The van der Waals surface area contributed by atoms with Crippen molar-refractivity contribution in [3.05, 3.63) is 33.8 Å². The molecule has 1 aromatic rings. The van der Waals surface area contributed by atoms with Crippen LogP contribution >= 0.6 is 15.9 Å². The van der Waals surface area contributed by atoms with Crippen molar-refractivity contribution < 1.29 is 4.79 Å². The molecule has 0 fully saturated rings. The van der Waals surface area contributed by atoms with E-state index in [1.54, 1.807) is 0 Å². The van der Waals surface area contributed by atoms with E-state index in [1.807, 2.05) is 25.1 Å². The molecule has 0 radical (unpaired) electrons. The van der Waals surface area contributed by atoms with E-state index in [1.165, 1.54) is 5.56 Å². The molecule has 1 rings (SSSR count). The number of aldehydes is 1. The van der Waals surface area contributed by atoms with Gasteiger partial charge in [0.15, 0.2) is 0 Å². The number of carbonyl (C=O) groups is 1. The van der Waals surface area contributed by atoms with E-state index < -0.39 is 0 Å². The molecule has 0 aliphatic carbocycles. The smallest absolute Gasteiger partial charge is 0.131 e. The van der Waals surface area contributed by atoms with Crippen LogP contribution in [-0.4, -0.2) is 6.29 Å². The molecule has 1 nitrogen and oxygen atoms in total. The topological polar surface area (TPSA) is 17.1 Å². The van der Waals surface area contributed by atoms with E-state index in [0.29, 0.717) is 6.42 Å². The summed E-state index contributed by atoms with van der Waals surface area (Å²) < 4.78 is 1.05. The first-order valence-corrected chi connectivity index (χ1v) is 4.72. The fourth-order valence-corrected chi connectivity index (χ4v) is 1.24. The molecule has 0 amide bonds. The highest BCUT2D eigenvalue weighted by Crippen LogP contribution is 2.16. The highest BCUT2D eigenvalue weighted by atomic mass is 79.9. The molecule has 0 spiro atoms. The number of aryl methyl sites for hydroxylation is 1. The van der Waals surface area contributed by atoms with Gasteiger partial charge < -0.3 is 4.79 Å². The fourth-order valence-electron chi connectivity index (χ4n) is 0.865. The van der Waals surface area contributed by atoms with E-state index in [-0.39, 0.29) is 0 Å². The van der Waals surface area contributed by atoms with Crippen LogP contribution in [0.1, 0.15) is 17.5 Å². The first kappa shape index (κ1) is 10.0. The zero-order valence-corrected chi connectivity index (χ0v) is 8.89. The Labute approximate surface area is 86.3 Å². The molecule has 0 heterocycles. The lowest BCUT2D eigenvalue weighted by molar-refractivity contribution is -0.107. The molecular formula is C11H9BrO. The number of benzene rings is 1. The summed E-state index contributed by atoms with van der Waals surface area (Å²) in [7, 11) is 0. The maximum Gasteiger partial charge on any atom is 0.131 e. The average molecular weight is 237 g/mol. The van der Waals surface area contributed by atoms with Gasteiger partial charge in [-0.3, -0.25) is 0 Å². The van der Waals surface area contributed by atoms with Gasteiger partial charge in [0.2, 0.25) is 0 Å². The van der Waals surface area contributed by atoms with Gasteiger partial charge in [0.05, 0.1) is 6.42 Å². The lowest BCUT2D eigenvalue weighted by Crippen LogP contribution is -1.78. The summed E-state index contributed by atoms with van der Waals surface area (Å²) in [4.78, 5) is 10.0. The first-order valence-electron chi connectivity index (χ1n) is 3.92. The molecule has 0 atom stereocenters. The summed E-state index contributed by atoms with van der Waals surface area (Å²) in [6.45, 7) is 2.02. The molecule has 0 N–H and O–H groups in total. The van der Waals surface area contributed by atoms with Gasteiger partial charge in [0, 0.05) is 10.0 Å². The van der Waals surface area contributed by atoms with Gasteiger partial charge in [-0.05, 0) is 24.6 Å². The second kappa shape index (κ2) is 4.84. The van der Waals surface area contributed by atoms with Crippen LogP contribution in [-0.2, 0) is 4.79 Å². The molecule has 2 heteroatoms. The van der Waals surface area contributed by atoms with E-state index in [0.717, 1.165) is 16.3 Å². The summed E-state index contributed by atoms with van der Waals surface area (Å²) in [5.41, 5.74) is 2.11. The Kier molecular flexibility index (Phi) is 3.72. The quantitative estimate of drug-likeness (QED) is 0.542. The molecule has 1 aromatic carbocycles. The zero-order chi connectivity index (χ0) is 9.68. The maximum absolute atomic E-state index is 10.0. The van der Waals surface area contributed by atoms with Gasteiger partial charge in [-0.2, -0.15) is 0 Å². The molecule has 66 valence electrons. The van der Waals surface area contributed by atoms with Gasteiger partial charge >= 0.3 is 0 Å². The molecule has 13 heavy (non-hydrogen) atoms. The van der Waals surface area contributed by atoms with E-state index in [4.69, 9.17) is 0 Å². The minimum Gasteiger partial charge on any atom is -0.302 e. The lowest BCUT2D eigenvalue weighted by atomic mass is 10.1. The van der Waals surface area contributed by atoms with Crippen LogP contribution in [0.4, 0.5) is 0 Å². The van der Waals surface area contributed by atoms with E-state index >= 15 is 0 Å². The lowest BCUT2D eigenvalue weighted by Gasteiger charge is -1.96. The largest absolute Gasteiger partial charge is 0.302 e. The van der Waals surface area contributed by atoms with Crippen LogP contribution in [0.2, 0.25) is 0 Å². The van der Waals surface area contributed by atoms with E-state index in [2.05, 4.69) is 27.8 Å². The Bertz CT molecular complexity index is 371. The molecule has 0 saturated carbocycles. The van der Waals surface area contributed by atoms with Crippen molar-refractivity contribution in [2.75, 3.05) is 0 Å². The summed E-state index contributed by atoms with van der Waals surface area (Å²) >= 11 is 3.42. The van der Waals surface area contributed by atoms with E-state index in [9.17, 15) is 4.79 Å². The van der Waals surface area contributed by atoms with Gasteiger partial charge in [0.25, 0.3) is 0 Å². The minimum atomic E-state index is 0.297. The summed E-state index contributed by atoms with van der Waals surface area (Å²) in [6.07, 6.45) is 1.10. The number of rotatable bonds is 1. The number of hydrogen-bond donors (Lipinski definition) is 0. The van der Waals surface area contributed by atoms with Gasteiger partial charge in [-0.25, -0.2) is 0 Å². The van der Waals surface area contributed by atoms with Crippen molar-refractivity contribution >= 4 is 22.2 Å². The molecule has 0 saturated heterocycles. The van der Waals surface area contributed by atoms with Crippen molar-refractivity contribution in [3.8, 4) is 11.8 Å². The highest BCUT2D eigenvalue weighted by molar-refractivity contribution is 9.10. The van der Waals surface area contributed by atoms with Crippen LogP contribution in [0.15, 0.2) is 22.7 Å². The Morgan fingerprint density at radius 3 is 2.92 bits per heavy atom. The van der Waals surface area contributed by atoms with Crippen molar-refractivity contribution in [1.82, 2.24) is 0 Å². The number of carbonyl (C=O) groups excluding carboxylic acids is 1. The predicted molar refractivity (Wildman–Crippen MR) is 56.4 cm³/mol. The maximum atomic E-state index is 10.0. The summed E-state index contributed by atoms with van der Waals surface area (Å²) in [5, 5.41) is 0. The average Bonchev–Trinajstić information content (AvgIpc) is 2.12. The van der Waals surface area contributed by atoms with Gasteiger partial charge in [-0.1, -0.05) is 33.8 Å². The Hall–Kier alpha value is -1.07. The Balaban J connectivity index is 2.87. The van der Waals surface area contributed by atoms with Gasteiger partial charge in [0.1, 0.15) is 6.29 Å². The van der Waals surface area contributed by atoms with Crippen molar-refractivity contribution in [3.63, 3.8) is 0 Å². The second-order valence-electron chi connectivity index (χ2n) is 2.64. The normalized spacial score (nSPS) is 8.77. The molecule has 0 aliphatic heterocycles. The highest BCUT2D eigenvalue weighted by Gasteiger charge is 1.93.